The van der Waals surface area contributed by atoms with Gasteiger partial charge in [-0.25, -0.2) is 22.5 Å². The van der Waals surface area contributed by atoms with E-state index in [1.54, 1.807) is 18.7 Å². The third-order valence-electron chi connectivity index (χ3n) is 3.29. The first-order chi connectivity index (χ1) is 9.55. The minimum atomic E-state index is -3.54. The maximum atomic E-state index is 12.0. The maximum Gasteiger partial charge on any atom is 0.328 e. The van der Waals surface area contributed by atoms with Crippen LogP contribution in [0.2, 0.25) is 0 Å². The lowest BCUT2D eigenvalue weighted by Gasteiger charge is -2.35. The highest BCUT2D eigenvalue weighted by molar-refractivity contribution is 7.89. The lowest BCUT2D eigenvalue weighted by molar-refractivity contribution is -0.142. The molecule has 0 saturated heterocycles. The van der Waals surface area contributed by atoms with Crippen molar-refractivity contribution >= 4 is 21.8 Å². The number of hydrogen-bond donors (Lipinski definition) is 1. The molecule has 0 spiro atoms. The van der Waals surface area contributed by atoms with E-state index in [2.05, 4.69) is 4.98 Å². The summed E-state index contributed by atoms with van der Waals surface area (Å²) in [6, 6.07) is 2.95. The van der Waals surface area contributed by atoms with Gasteiger partial charge in [0.05, 0.1) is 0 Å². The van der Waals surface area contributed by atoms with Crippen LogP contribution in [-0.4, -0.2) is 55.0 Å². The molecule has 1 N–H and O–H groups in total. The van der Waals surface area contributed by atoms with Gasteiger partial charge >= 0.3 is 5.97 Å². The summed E-state index contributed by atoms with van der Waals surface area (Å²) < 4.78 is 25.0. The second-order valence-corrected chi connectivity index (χ2v) is 7.40. The molecule has 1 heterocycles. The lowest BCUT2D eigenvalue weighted by atomic mass is 10.0. The van der Waals surface area contributed by atoms with E-state index < -0.39 is 21.5 Å². The minimum absolute atomic E-state index is 0.0698. The van der Waals surface area contributed by atoms with Gasteiger partial charge in [0, 0.05) is 26.8 Å². The predicted molar refractivity (Wildman–Crippen MR) is 79.8 cm³/mol. The van der Waals surface area contributed by atoms with E-state index in [9.17, 15) is 18.3 Å². The zero-order chi connectivity index (χ0) is 16.4. The van der Waals surface area contributed by atoms with Crippen LogP contribution >= 0.6 is 0 Å². The highest BCUT2D eigenvalue weighted by atomic mass is 32.2. The van der Waals surface area contributed by atoms with Crippen molar-refractivity contribution in [3.63, 3.8) is 0 Å². The number of carboxylic acids is 1. The molecule has 1 aromatic heterocycles. The van der Waals surface area contributed by atoms with Gasteiger partial charge in [-0.15, -0.1) is 0 Å². The highest BCUT2D eigenvalue weighted by Crippen LogP contribution is 2.23. The van der Waals surface area contributed by atoms with Crippen LogP contribution in [0.3, 0.4) is 0 Å². The topological polar surface area (TPSA) is 90.8 Å². The van der Waals surface area contributed by atoms with Crippen LogP contribution in [-0.2, 0) is 14.8 Å². The van der Waals surface area contributed by atoms with Crippen molar-refractivity contribution in [3.05, 3.63) is 18.3 Å². The van der Waals surface area contributed by atoms with E-state index in [0.29, 0.717) is 12.4 Å². The SMILES string of the molecule is CCN(c1ccc(S(=O)(=O)N(C)C)cn1)C(C)(C)C(=O)O. The molecule has 0 aliphatic rings. The Morgan fingerprint density at radius 1 is 1.33 bits per heavy atom. The summed E-state index contributed by atoms with van der Waals surface area (Å²) >= 11 is 0. The Hall–Kier alpha value is -1.67. The third-order valence-corrected chi connectivity index (χ3v) is 5.09. The minimum Gasteiger partial charge on any atom is -0.480 e. The molecule has 21 heavy (non-hydrogen) atoms. The van der Waals surface area contributed by atoms with E-state index in [4.69, 9.17) is 0 Å². The number of aromatic nitrogens is 1. The van der Waals surface area contributed by atoms with Gasteiger partial charge in [0.25, 0.3) is 0 Å². The first kappa shape index (κ1) is 17.4. The summed E-state index contributed by atoms with van der Waals surface area (Å²) in [6.45, 7) is 5.40. The fourth-order valence-corrected chi connectivity index (χ4v) is 2.70. The van der Waals surface area contributed by atoms with Crippen molar-refractivity contribution in [3.8, 4) is 0 Å². The Morgan fingerprint density at radius 2 is 1.90 bits per heavy atom. The van der Waals surface area contributed by atoms with Gasteiger partial charge in [0.15, 0.2) is 0 Å². The molecule has 0 fully saturated rings. The Balaban J connectivity index is 3.21. The third kappa shape index (κ3) is 3.33. The molecule has 0 aliphatic heterocycles. The molecule has 0 radical (unpaired) electrons. The van der Waals surface area contributed by atoms with Gasteiger partial charge in [-0.2, -0.15) is 0 Å². The average Bonchev–Trinajstić information content (AvgIpc) is 2.39. The van der Waals surface area contributed by atoms with E-state index in [1.807, 2.05) is 6.92 Å². The van der Waals surface area contributed by atoms with Gasteiger partial charge in [-0.1, -0.05) is 0 Å². The van der Waals surface area contributed by atoms with Crippen molar-refractivity contribution in [2.75, 3.05) is 25.5 Å². The number of aliphatic carboxylic acids is 1. The van der Waals surface area contributed by atoms with Crippen molar-refractivity contribution in [1.82, 2.24) is 9.29 Å². The van der Waals surface area contributed by atoms with Gasteiger partial charge in [0.1, 0.15) is 16.3 Å². The molecule has 7 nitrogen and oxygen atoms in total. The number of likely N-dealkylation sites (N-methyl/N-ethyl adjacent to an activating group) is 1. The smallest absolute Gasteiger partial charge is 0.328 e. The molecule has 0 unspecified atom stereocenters. The predicted octanol–water partition coefficient (Wildman–Crippen LogP) is 1.02. The molecule has 1 rings (SSSR count). The summed E-state index contributed by atoms with van der Waals surface area (Å²) in [7, 11) is -0.663. The fraction of sp³-hybridized carbons (Fsp3) is 0.538. The van der Waals surface area contributed by atoms with E-state index in [-0.39, 0.29) is 4.90 Å². The van der Waals surface area contributed by atoms with Crippen molar-refractivity contribution in [1.29, 1.82) is 0 Å². The summed E-state index contributed by atoms with van der Waals surface area (Å²) in [5.41, 5.74) is -1.14. The van der Waals surface area contributed by atoms with Gasteiger partial charge in [-0.05, 0) is 32.9 Å². The highest BCUT2D eigenvalue weighted by Gasteiger charge is 2.34. The molecule has 0 atom stereocenters. The maximum absolute atomic E-state index is 12.0. The summed E-state index contributed by atoms with van der Waals surface area (Å²) in [5, 5.41) is 9.29. The number of carboxylic acid groups (broad SMARTS) is 1. The molecule has 8 heteroatoms. The number of carbonyl (C=O) groups is 1. The molecule has 0 aromatic carbocycles. The molecule has 0 aliphatic carbocycles. The van der Waals surface area contributed by atoms with Gasteiger partial charge in [-0.3, -0.25) is 0 Å². The van der Waals surface area contributed by atoms with E-state index >= 15 is 0 Å². The van der Waals surface area contributed by atoms with Crippen LogP contribution in [0.5, 0.6) is 0 Å². The van der Waals surface area contributed by atoms with Crippen molar-refractivity contribution in [2.45, 2.75) is 31.2 Å². The molecule has 0 bridgehead atoms. The zero-order valence-corrected chi connectivity index (χ0v) is 13.7. The van der Waals surface area contributed by atoms with Crippen LogP contribution in [0.4, 0.5) is 5.82 Å². The Morgan fingerprint density at radius 3 is 2.24 bits per heavy atom. The standard InChI is InChI=1S/C13H21N3O4S/c1-6-16(13(2,3)12(17)18)11-8-7-10(9-14-11)21(19,20)15(4)5/h7-9H,6H2,1-5H3,(H,17,18). The quantitative estimate of drug-likeness (QED) is 0.843. The van der Waals surface area contributed by atoms with Gasteiger partial charge in [0.2, 0.25) is 10.0 Å². The number of nitrogens with zero attached hydrogens (tertiary/aromatic N) is 3. The Kier molecular flexibility index (Phi) is 4.95. The van der Waals surface area contributed by atoms with Crippen LogP contribution in [0, 0.1) is 0 Å². The zero-order valence-electron chi connectivity index (χ0n) is 12.9. The molecule has 0 amide bonds. The van der Waals surface area contributed by atoms with Gasteiger partial charge < -0.3 is 10.0 Å². The number of sulfonamides is 1. The summed E-state index contributed by atoms with van der Waals surface area (Å²) in [5.74, 6) is -0.557. The van der Waals surface area contributed by atoms with E-state index in [0.717, 1.165) is 4.31 Å². The van der Waals surface area contributed by atoms with Crippen LogP contribution in [0.1, 0.15) is 20.8 Å². The number of hydrogen-bond acceptors (Lipinski definition) is 5. The molecular formula is C13H21N3O4S. The molecular weight excluding hydrogens is 294 g/mol. The number of rotatable bonds is 6. The second kappa shape index (κ2) is 5.98. The molecule has 0 saturated carbocycles. The average molecular weight is 315 g/mol. The van der Waals surface area contributed by atoms with E-state index in [1.165, 1.54) is 32.4 Å². The molecule has 1 aromatic rings. The first-order valence-corrected chi connectivity index (χ1v) is 7.88. The fourth-order valence-electron chi connectivity index (χ4n) is 1.85. The Bertz CT molecular complexity index is 609. The summed E-state index contributed by atoms with van der Waals surface area (Å²) in [4.78, 5) is 17.1. The van der Waals surface area contributed by atoms with Crippen LogP contribution in [0.15, 0.2) is 23.2 Å². The second-order valence-electron chi connectivity index (χ2n) is 5.25. The normalized spacial score (nSPS) is 12.5. The number of anilines is 1. The van der Waals surface area contributed by atoms with Crippen molar-refractivity contribution < 1.29 is 18.3 Å². The first-order valence-electron chi connectivity index (χ1n) is 6.44. The summed E-state index contributed by atoms with van der Waals surface area (Å²) in [6.07, 6.45) is 1.24. The molecule has 118 valence electrons. The van der Waals surface area contributed by atoms with Crippen LogP contribution < -0.4 is 4.90 Å². The largest absolute Gasteiger partial charge is 0.480 e. The monoisotopic (exact) mass is 315 g/mol. The Labute approximate surface area is 125 Å². The number of pyridine rings is 1. The van der Waals surface area contributed by atoms with Crippen LogP contribution in [0.25, 0.3) is 0 Å². The van der Waals surface area contributed by atoms with Crippen molar-refractivity contribution in [2.24, 2.45) is 0 Å². The lowest BCUT2D eigenvalue weighted by Crippen LogP contribution is -2.50.